The van der Waals surface area contributed by atoms with Gasteiger partial charge in [0.25, 0.3) is 0 Å². The standard InChI is InChI=1S/C25H28N4O5/c1-32-21-12-20(13-22(33-2)24(21)34-3)29-16-19(11-23(29)30)25(31)26-14-17-7-4-5-8-18(17)15-28-10-6-9-27-28/h4-10,12-13,19H,11,14-16H2,1-3H3,(H,26,31). The zero-order chi connectivity index (χ0) is 24.1. The molecule has 1 fully saturated rings. The number of carbonyl (C=O) groups excluding carboxylic acids is 2. The van der Waals surface area contributed by atoms with E-state index in [-0.39, 0.29) is 24.8 Å². The Morgan fingerprint density at radius 2 is 1.76 bits per heavy atom. The molecule has 0 aliphatic carbocycles. The minimum absolute atomic E-state index is 0.131. The summed E-state index contributed by atoms with van der Waals surface area (Å²) in [5.41, 5.74) is 2.68. The summed E-state index contributed by atoms with van der Waals surface area (Å²) in [4.78, 5) is 27.3. The number of nitrogens with one attached hydrogen (secondary N) is 1. The maximum Gasteiger partial charge on any atom is 0.227 e. The highest BCUT2D eigenvalue weighted by Crippen LogP contribution is 2.42. The molecule has 1 aliphatic rings. The van der Waals surface area contributed by atoms with E-state index in [1.807, 2.05) is 41.2 Å². The van der Waals surface area contributed by atoms with Crippen LogP contribution in [0.3, 0.4) is 0 Å². The molecular formula is C25H28N4O5. The van der Waals surface area contributed by atoms with Gasteiger partial charge in [0.05, 0.1) is 39.5 Å². The number of hydrogen-bond donors (Lipinski definition) is 1. The van der Waals surface area contributed by atoms with E-state index in [9.17, 15) is 9.59 Å². The number of rotatable bonds is 9. The molecule has 0 spiro atoms. The van der Waals surface area contributed by atoms with Crippen molar-refractivity contribution in [2.75, 3.05) is 32.8 Å². The summed E-state index contributed by atoms with van der Waals surface area (Å²) < 4.78 is 18.0. The van der Waals surface area contributed by atoms with Crippen molar-refractivity contribution in [1.29, 1.82) is 0 Å². The lowest BCUT2D eigenvalue weighted by Crippen LogP contribution is -2.33. The lowest BCUT2D eigenvalue weighted by atomic mass is 10.1. The van der Waals surface area contributed by atoms with E-state index < -0.39 is 5.92 Å². The predicted molar refractivity (Wildman–Crippen MR) is 126 cm³/mol. The molecule has 2 heterocycles. The van der Waals surface area contributed by atoms with Crippen LogP contribution in [0.1, 0.15) is 17.5 Å². The lowest BCUT2D eigenvalue weighted by Gasteiger charge is -2.20. The van der Waals surface area contributed by atoms with Crippen LogP contribution < -0.4 is 24.4 Å². The molecule has 2 amide bonds. The SMILES string of the molecule is COc1cc(N2CC(C(=O)NCc3ccccc3Cn3cccn3)CC2=O)cc(OC)c1OC. The molecule has 1 aromatic heterocycles. The smallest absolute Gasteiger partial charge is 0.227 e. The number of nitrogens with zero attached hydrogens (tertiary/aromatic N) is 3. The third kappa shape index (κ3) is 4.83. The van der Waals surface area contributed by atoms with E-state index in [4.69, 9.17) is 14.2 Å². The molecule has 0 bridgehead atoms. The van der Waals surface area contributed by atoms with Crippen molar-refractivity contribution in [3.63, 3.8) is 0 Å². The molecule has 1 unspecified atom stereocenters. The van der Waals surface area contributed by atoms with Gasteiger partial charge in [-0.15, -0.1) is 0 Å². The van der Waals surface area contributed by atoms with Crippen LogP contribution in [0.5, 0.6) is 17.2 Å². The number of carbonyl (C=O) groups is 2. The number of ether oxygens (including phenoxy) is 3. The fourth-order valence-corrected chi connectivity index (χ4v) is 4.14. The molecule has 178 valence electrons. The fraction of sp³-hybridized carbons (Fsp3) is 0.320. The van der Waals surface area contributed by atoms with Crippen molar-refractivity contribution < 1.29 is 23.8 Å². The zero-order valence-electron chi connectivity index (χ0n) is 19.5. The molecule has 1 atom stereocenters. The van der Waals surface area contributed by atoms with Gasteiger partial charge in [-0.05, 0) is 17.2 Å². The summed E-state index contributed by atoms with van der Waals surface area (Å²) in [5, 5.41) is 7.25. The Morgan fingerprint density at radius 3 is 2.38 bits per heavy atom. The van der Waals surface area contributed by atoms with Gasteiger partial charge in [-0.25, -0.2) is 0 Å². The van der Waals surface area contributed by atoms with E-state index in [0.29, 0.717) is 36.0 Å². The first-order valence-corrected chi connectivity index (χ1v) is 11.0. The van der Waals surface area contributed by atoms with E-state index in [1.165, 1.54) is 21.3 Å². The number of amides is 2. The maximum absolute atomic E-state index is 12.9. The van der Waals surface area contributed by atoms with Gasteiger partial charge in [0.15, 0.2) is 11.5 Å². The molecule has 34 heavy (non-hydrogen) atoms. The monoisotopic (exact) mass is 464 g/mol. The Morgan fingerprint density at radius 1 is 1.06 bits per heavy atom. The first kappa shape index (κ1) is 23.2. The average molecular weight is 465 g/mol. The van der Waals surface area contributed by atoms with Gasteiger partial charge >= 0.3 is 0 Å². The van der Waals surface area contributed by atoms with Gasteiger partial charge in [-0.3, -0.25) is 14.3 Å². The Bertz CT molecular complexity index is 1140. The van der Waals surface area contributed by atoms with Crippen molar-refractivity contribution in [3.05, 3.63) is 66.0 Å². The molecule has 1 aliphatic heterocycles. The molecule has 9 heteroatoms. The van der Waals surface area contributed by atoms with Crippen molar-refractivity contribution in [3.8, 4) is 17.2 Å². The zero-order valence-corrected chi connectivity index (χ0v) is 19.5. The second-order valence-electron chi connectivity index (χ2n) is 7.98. The molecule has 3 aromatic rings. The fourth-order valence-electron chi connectivity index (χ4n) is 4.14. The van der Waals surface area contributed by atoms with Gasteiger partial charge in [-0.1, -0.05) is 24.3 Å². The van der Waals surface area contributed by atoms with Crippen LogP contribution in [0, 0.1) is 5.92 Å². The van der Waals surface area contributed by atoms with E-state index in [1.54, 1.807) is 23.2 Å². The molecule has 4 rings (SSSR count). The molecule has 0 radical (unpaired) electrons. The lowest BCUT2D eigenvalue weighted by molar-refractivity contribution is -0.126. The van der Waals surface area contributed by atoms with Crippen molar-refractivity contribution >= 4 is 17.5 Å². The van der Waals surface area contributed by atoms with Crippen LogP contribution in [0.25, 0.3) is 0 Å². The quantitative estimate of drug-likeness (QED) is 0.523. The average Bonchev–Trinajstić information content (AvgIpc) is 3.52. The van der Waals surface area contributed by atoms with Crippen LogP contribution in [0.4, 0.5) is 5.69 Å². The number of hydrogen-bond acceptors (Lipinski definition) is 6. The molecule has 2 aromatic carbocycles. The van der Waals surface area contributed by atoms with E-state index in [0.717, 1.165) is 11.1 Å². The Kier molecular flexibility index (Phi) is 7.01. The summed E-state index contributed by atoms with van der Waals surface area (Å²) in [7, 11) is 4.56. The molecule has 9 nitrogen and oxygen atoms in total. The summed E-state index contributed by atoms with van der Waals surface area (Å²) in [6.45, 7) is 1.28. The summed E-state index contributed by atoms with van der Waals surface area (Å²) >= 11 is 0. The highest BCUT2D eigenvalue weighted by molar-refractivity contribution is 6.00. The topological polar surface area (TPSA) is 94.9 Å². The third-order valence-electron chi connectivity index (χ3n) is 5.92. The maximum atomic E-state index is 12.9. The third-order valence-corrected chi connectivity index (χ3v) is 5.92. The summed E-state index contributed by atoms with van der Waals surface area (Å²) in [6, 6.07) is 13.2. The minimum Gasteiger partial charge on any atom is -0.493 e. The predicted octanol–water partition coefficient (Wildman–Crippen LogP) is 2.63. The van der Waals surface area contributed by atoms with Crippen molar-refractivity contribution in [1.82, 2.24) is 15.1 Å². The van der Waals surface area contributed by atoms with Gasteiger partial charge in [-0.2, -0.15) is 5.10 Å². The van der Waals surface area contributed by atoms with Crippen LogP contribution in [-0.2, 0) is 22.7 Å². The van der Waals surface area contributed by atoms with Gasteiger partial charge in [0, 0.05) is 44.0 Å². The highest BCUT2D eigenvalue weighted by Gasteiger charge is 2.36. The second-order valence-corrected chi connectivity index (χ2v) is 7.98. The number of aromatic nitrogens is 2. The number of anilines is 1. The summed E-state index contributed by atoms with van der Waals surface area (Å²) in [5.74, 6) is 0.608. The van der Waals surface area contributed by atoms with Gasteiger partial charge < -0.3 is 24.4 Å². The highest BCUT2D eigenvalue weighted by atomic mass is 16.5. The summed E-state index contributed by atoms with van der Waals surface area (Å²) in [6.07, 6.45) is 3.77. The van der Waals surface area contributed by atoms with E-state index >= 15 is 0 Å². The van der Waals surface area contributed by atoms with Crippen LogP contribution in [0.2, 0.25) is 0 Å². The van der Waals surface area contributed by atoms with Crippen LogP contribution >= 0.6 is 0 Å². The largest absolute Gasteiger partial charge is 0.493 e. The molecule has 0 saturated carbocycles. The second kappa shape index (κ2) is 10.3. The van der Waals surface area contributed by atoms with Gasteiger partial charge in [0.2, 0.25) is 17.6 Å². The number of benzene rings is 2. The van der Waals surface area contributed by atoms with Crippen molar-refractivity contribution in [2.45, 2.75) is 19.5 Å². The Labute approximate surface area is 198 Å². The number of methoxy groups -OCH3 is 3. The first-order chi connectivity index (χ1) is 16.5. The molecule has 1 saturated heterocycles. The normalized spacial score (nSPS) is 15.3. The van der Waals surface area contributed by atoms with Gasteiger partial charge in [0.1, 0.15) is 0 Å². The Hall–Kier alpha value is -4.01. The van der Waals surface area contributed by atoms with Crippen LogP contribution in [-0.4, -0.2) is 49.5 Å². The van der Waals surface area contributed by atoms with Crippen LogP contribution in [0.15, 0.2) is 54.9 Å². The Balaban J connectivity index is 1.44. The van der Waals surface area contributed by atoms with E-state index in [2.05, 4.69) is 10.4 Å². The first-order valence-electron chi connectivity index (χ1n) is 11.0. The molecule has 1 N–H and O–H groups in total. The minimum atomic E-state index is -0.454. The van der Waals surface area contributed by atoms with Crippen molar-refractivity contribution in [2.24, 2.45) is 5.92 Å². The molecular weight excluding hydrogens is 436 g/mol.